The predicted molar refractivity (Wildman–Crippen MR) is 77.1 cm³/mol. The number of benzene rings is 1. The van der Waals surface area contributed by atoms with Crippen LogP contribution in [0.2, 0.25) is 0 Å². The molecule has 1 aromatic carbocycles. The lowest BCUT2D eigenvalue weighted by Gasteiger charge is -2.24. The molecule has 1 saturated heterocycles. The fourth-order valence-corrected chi connectivity index (χ4v) is 2.51. The van der Waals surface area contributed by atoms with Crippen LogP contribution in [0.1, 0.15) is 28.8 Å². The van der Waals surface area contributed by atoms with Crippen LogP contribution in [0, 0.1) is 11.3 Å². The van der Waals surface area contributed by atoms with Crippen molar-refractivity contribution in [2.45, 2.75) is 12.8 Å². The number of nitrogens with zero attached hydrogens (tertiary/aromatic N) is 3. The van der Waals surface area contributed by atoms with E-state index in [1.54, 1.807) is 12.1 Å². The minimum atomic E-state index is -1.01. The highest BCUT2D eigenvalue weighted by Gasteiger charge is 2.14. The summed E-state index contributed by atoms with van der Waals surface area (Å²) in [4.78, 5) is 15.3. The molecule has 1 aromatic rings. The molecule has 0 saturated carbocycles. The minimum absolute atomic E-state index is 0.151. The van der Waals surface area contributed by atoms with E-state index >= 15 is 0 Å². The summed E-state index contributed by atoms with van der Waals surface area (Å²) in [6, 6.07) is 6.78. The van der Waals surface area contributed by atoms with Crippen LogP contribution in [-0.4, -0.2) is 49.2 Å². The number of rotatable bonds is 5. The molecule has 1 fully saturated rings. The zero-order valence-electron chi connectivity index (χ0n) is 11.7. The average molecular weight is 273 g/mol. The Kier molecular flexibility index (Phi) is 4.59. The molecule has 2 rings (SSSR count). The third-order valence-corrected chi connectivity index (χ3v) is 3.73. The van der Waals surface area contributed by atoms with Crippen LogP contribution in [0.15, 0.2) is 18.2 Å². The number of anilines is 1. The molecule has 0 aromatic heterocycles. The van der Waals surface area contributed by atoms with Gasteiger partial charge in [-0.25, -0.2) is 4.79 Å². The van der Waals surface area contributed by atoms with E-state index in [0.29, 0.717) is 5.56 Å². The molecular formula is C15H19N3O2. The Balaban J connectivity index is 2.06. The maximum absolute atomic E-state index is 10.9. The van der Waals surface area contributed by atoms with E-state index in [1.807, 2.05) is 11.9 Å². The highest BCUT2D eigenvalue weighted by atomic mass is 16.4. The van der Waals surface area contributed by atoms with Gasteiger partial charge in [0.15, 0.2) is 0 Å². The van der Waals surface area contributed by atoms with E-state index < -0.39 is 5.97 Å². The second kappa shape index (κ2) is 6.40. The van der Waals surface area contributed by atoms with Gasteiger partial charge in [-0.2, -0.15) is 5.26 Å². The van der Waals surface area contributed by atoms with Gasteiger partial charge >= 0.3 is 5.97 Å². The van der Waals surface area contributed by atoms with Gasteiger partial charge in [-0.1, -0.05) is 0 Å². The molecule has 0 spiro atoms. The number of likely N-dealkylation sites (tertiary alicyclic amines) is 1. The number of carboxylic acids is 1. The zero-order chi connectivity index (χ0) is 14.5. The van der Waals surface area contributed by atoms with Crippen molar-refractivity contribution in [3.8, 4) is 6.07 Å². The van der Waals surface area contributed by atoms with Gasteiger partial charge in [0.2, 0.25) is 0 Å². The number of likely N-dealkylation sites (N-methyl/N-ethyl adjacent to an activating group) is 1. The third-order valence-electron chi connectivity index (χ3n) is 3.73. The summed E-state index contributed by atoms with van der Waals surface area (Å²) in [7, 11) is 1.94. The standard InChI is InChI=1S/C15H19N3O2/c1-17(8-9-18-6-2-3-7-18)14-5-4-12(15(19)20)10-13(14)11-16/h4-5,10H,2-3,6-9H2,1H3,(H,19,20). The lowest BCUT2D eigenvalue weighted by Crippen LogP contribution is -2.31. The summed E-state index contributed by atoms with van der Waals surface area (Å²) in [6.45, 7) is 4.11. The molecule has 1 N–H and O–H groups in total. The Labute approximate surface area is 119 Å². The van der Waals surface area contributed by atoms with Gasteiger partial charge < -0.3 is 14.9 Å². The Morgan fingerprint density at radius 3 is 2.75 bits per heavy atom. The topological polar surface area (TPSA) is 67.6 Å². The molecule has 0 amide bonds. The minimum Gasteiger partial charge on any atom is -0.478 e. The van der Waals surface area contributed by atoms with Crippen molar-refractivity contribution in [1.82, 2.24) is 4.90 Å². The third kappa shape index (κ3) is 3.28. The summed E-state index contributed by atoms with van der Waals surface area (Å²) < 4.78 is 0. The lowest BCUT2D eigenvalue weighted by atomic mass is 10.1. The van der Waals surface area contributed by atoms with Crippen LogP contribution in [0.3, 0.4) is 0 Å². The molecule has 0 atom stereocenters. The zero-order valence-corrected chi connectivity index (χ0v) is 11.7. The van der Waals surface area contributed by atoms with Crippen LogP contribution in [0.25, 0.3) is 0 Å². The highest BCUT2D eigenvalue weighted by molar-refractivity contribution is 5.89. The van der Waals surface area contributed by atoms with E-state index in [2.05, 4.69) is 11.0 Å². The predicted octanol–water partition coefficient (Wildman–Crippen LogP) is 1.79. The SMILES string of the molecule is CN(CCN1CCCC1)c1ccc(C(=O)O)cc1C#N. The van der Waals surface area contributed by atoms with Crippen LogP contribution >= 0.6 is 0 Å². The quantitative estimate of drug-likeness (QED) is 0.886. The Morgan fingerprint density at radius 1 is 1.45 bits per heavy atom. The van der Waals surface area contributed by atoms with Crippen molar-refractivity contribution in [1.29, 1.82) is 5.26 Å². The van der Waals surface area contributed by atoms with Crippen molar-refractivity contribution in [3.05, 3.63) is 29.3 Å². The Morgan fingerprint density at radius 2 is 2.15 bits per heavy atom. The first-order valence-corrected chi connectivity index (χ1v) is 6.83. The summed E-state index contributed by atoms with van der Waals surface area (Å²) in [5.74, 6) is -1.01. The Hall–Kier alpha value is -2.06. The van der Waals surface area contributed by atoms with Crippen molar-refractivity contribution < 1.29 is 9.90 Å². The summed E-state index contributed by atoms with van der Waals surface area (Å²) in [5.41, 5.74) is 1.35. The largest absolute Gasteiger partial charge is 0.478 e. The summed E-state index contributed by atoms with van der Waals surface area (Å²) >= 11 is 0. The van der Waals surface area contributed by atoms with Crippen molar-refractivity contribution in [2.75, 3.05) is 38.1 Å². The average Bonchev–Trinajstić information content (AvgIpc) is 2.97. The van der Waals surface area contributed by atoms with Gasteiger partial charge in [0.25, 0.3) is 0 Å². The number of carboxylic acid groups (broad SMARTS) is 1. The van der Waals surface area contributed by atoms with Crippen LogP contribution in [-0.2, 0) is 0 Å². The maximum Gasteiger partial charge on any atom is 0.335 e. The first kappa shape index (κ1) is 14.4. The fraction of sp³-hybridized carbons (Fsp3) is 0.467. The van der Waals surface area contributed by atoms with E-state index in [0.717, 1.165) is 31.9 Å². The lowest BCUT2D eigenvalue weighted by molar-refractivity contribution is 0.0697. The van der Waals surface area contributed by atoms with E-state index in [1.165, 1.54) is 18.9 Å². The van der Waals surface area contributed by atoms with Gasteiger partial charge in [0, 0.05) is 20.1 Å². The monoisotopic (exact) mass is 273 g/mol. The number of aromatic carboxylic acids is 1. The van der Waals surface area contributed by atoms with Crippen LogP contribution in [0.5, 0.6) is 0 Å². The molecule has 0 aliphatic carbocycles. The molecule has 20 heavy (non-hydrogen) atoms. The van der Waals surface area contributed by atoms with E-state index in [9.17, 15) is 10.1 Å². The fourth-order valence-electron chi connectivity index (χ4n) is 2.51. The second-order valence-electron chi connectivity index (χ2n) is 5.12. The summed E-state index contributed by atoms with van der Waals surface area (Å²) in [5, 5.41) is 18.1. The van der Waals surface area contributed by atoms with Gasteiger partial charge in [-0.15, -0.1) is 0 Å². The van der Waals surface area contributed by atoms with Crippen LogP contribution < -0.4 is 4.90 Å². The molecule has 0 radical (unpaired) electrons. The molecule has 5 nitrogen and oxygen atoms in total. The smallest absolute Gasteiger partial charge is 0.335 e. The summed E-state index contributed by atoms with van der Waals surface area (Å²) in [6.07, 6.45) is 2.53. The normalized spacial score (nSPS) is 15.0. The van der Waals surface area contributed by atoms with Gasteiger partial charge in [-0.3, -0.25) is 0 Å². The molecule has 1 heterocycles. The van der Waals surface area contributed by atoms with Crippen molar-refractivity contribution in [3.63, 3.8) is 0 Å². The molecule has 1 aliphatic rings. The number of nitriles is 1. The van der Waals surface area contributed by atoms with Gasteiger partial charge in [0.1, 0.15) is 6.07 Å². The second-order valence-corrected chi connectivity index (χ2v) is 5.12. The highest BCUT2D eigenvalue weighted by Crippen LogP contribution is 2.20. The number of carbonyl (C=O) groups is 1. The molecule has 0 unspecified atom stereocenters. The molecule has 1 aliphatic heterocycles. The van der Waals surface area contributed by atoms with Gasteiger partial charge in [0.05, 0.1) is 16.8 Å². The maximum atomic E-state index is 10.9. The number of hydrogen-bond acceptors (Lipinski definition) is 4. The molecule has 0 bridgehead atoms. The van der Waals surface area contributed by atoms with E-state index in [-0.39, 0.29) is 5.56 Å². The van der Waals surface area contributed by atoms with Crippen molar-refractivity contribution >= 4 is 11.7 Å². The molecular weight excluding hydrogens is 254 g/mol. The first-order chi connectivity index (χ1) is 9.61. The molecule has 106 valence electrons. The van der Waals surface area contributed by atoms with Gasteiger partial charge in [-0.05, 0) is 44.1 Å². The van der Waals surface area contributed by atoms with Crippen molar-refractivity contribution in [2.24, 2.45) is 0 Å². The van der Waals surface area contributed by atoms with E-state index in [4.69, 9.17) is 5.11 Å². The number of hydrogen-bond donors (Lipinski definition) is 1. The van der Waals surface area contributed by atoms with Crippen LogP contribution in [0.4, 0.5) is 5.69 Å². The molecule has 5 heteroatoms. The Bertz CT molecular complexity index is 530. The first-order valence-electron chi connectivity index (χ1n) is 6.83.